The Morgan fingerprint density at radius 1 is 0.774 bits per heavy atom. The van der Waals surface area contributed by atoms with E-state index < -0.39 is 5.82 Å². The van der Waals surface area contributed by atoms with Crippen molar-refractivity contribution in [3.05, 3.63) is 114 Å². The van der Waals surface area contributed by atoms with Gasteiger partial charge in [0.15, 0.2) is 6.29 Å². The van der Waals surface area contributed by atoms with E-state index >= 15 is 0 Å². The summed E-state index contributed by atoms with van der Waals surface area (Å²) in [6, 6.07) is 27.4. The van der Waals surface area contributed by atoms with E-state index in [0.29, 0.717) is 42.4 Å². The van der Waals surface area contributed by atoms with Gasteiger partial charge in [0.25, 0.3) is 0 Å². The standard InChI is InChI=1S/C26H20FNO3/c27-24-15-21(11-12-22(24)16-29)23-13-14-25(30-17-19-7-3-1-4-8-19)28-26(23)31-18-20-9-5-2-6-10-20/h1-16H,17-18H2. The highest BCUT2D eigenvalue weighted by atomic mass is 19.1. The molecule has 0 spiro atoms. The Labute approximate surface area is 179 Å². The number of benzene rings is 3. The zero-order chi connectivity index (χ0) is 21.5. The highest BCUT2D eigenvalue weighted by molar-refractivity contribution is 5.78. The number of nitrogens with zero attached hydrogens (tertiary/aromatic N) is 1. The molecule has 4 aromatic rings. The molecule has 3 aromatic carbocycles. The number of carbonyl (C=O) groups excluding carboxylic acids is 1. The van der Waals surface area contributed by atoms with Crippen molar-refractivity contribution in [3.8, 4) is 22.9 Å². The van der Waals surface area contributed by atoms with Crippen molar-refractivity contribution in [3.63, 3.8) is 0 Å². The molecule has 0 saturated heterocycles. The minimum Gasteiger partial charge on any atom is -0.473 e. The molecule has 0 bridgehead atoms. The van der Waals surface area contributed by atoms with E-state index in [1.54, 1.807) is 18.2 Å². The highest BCUT2D eigenvalue weighted by Gasteiger charge is 2.13. The smallest absolute Gasteiger partial charge is 0.225 e. The van der Waals surface area contributed by atoms with E-state index in [0.717, 1.165) is 11.1 Å². The first-order chi connectivity index (χ1) is 15.2. The average Bonchev–Trinajstić information content (AvgIpc) is 2.83. The van der Waals surface area contributed by atoms with Crippen molar-refractivity contribution in [1.29, 1.82) is 0 Å². The monoisotopic (exact) mass is 413 g/mol. The van der Waals surface area contributed by atoms with Gasteiger partial charge in [-0.05, 0) is 34.9 Å². The second-order valence-electron chi connectivity index (χ2n) is 6.90. The zero-order valence-corrected chi connectivity index (χ0v) is 16.7. The van der Waals surface area contributed by atoms with Crippen LogP contribution in [0.3, 0.4) is 0 Å². The summed E-state index contributed by atoms with van der Waals surface area (Å²) in [5.74, 6) is 0.138. The molecular weight excluding hydrogens is 393 g/mol. The van der Waals surface area contributed by atoms with Crippen LogP contribution in [-0.2, 0) is 13.2 Å². The van der Waals surface area contributed by atoms with Crippen molar-refractivity contribution in [2.45, 2.75) is 13.2 Å². The SMILES string of the molecule is O=Cc1ccc(-c2ccc(OCc3ccccc3)nc2OCc2ccccc2)cc1F. The molecule has 154 valence electrons. The number of hydrogen-bond acceptors (Lipinski definition) is 4. The lowest BCUT2D eigenvalue weighted by molar-refractivity contribution is 0.112. The molecule has 0 N–H and O–H groups in total. The van der Waals surface area contributed by atoms with E-state index in [1.165, 1.54) is 12.1 Å². The van der Waals surface area contributed by atoms with Crippen LogP contribution < -0.4 is 9.47 Å². The van der Waals surface area contributed by atoms with Gasteiger partial charge in [0.05, 0.1) is 5.56 Å². The molecule has 0 amide bonds. The fourth-order valence-corrected chi connectivity index (χ4v) is 3.08. The van der Waals surface area contributed by atoms with Crippen molar-refractivity contribution >= 4 is 6.29 Å². The first kappa shape index (κ1) is 20.3. The number of halogens is 1. The number of aldehydes is 1. The number of ether oxygens (including phenoxy) is 2. The second kappa shape index (κ2) is 9.67. The van der Waals surface area contributed by atoms with E-state index in [2.05, 4.69) is 4.98 Å². The summed E-state index contributed by atoms with van der Waals surface area (Å²) >= 11 is 0. The minimum atomic E-state index is -0.592. The van der Waals surface area contributed by atoms with E-state index in [1.807, 2.05) is 60.7 Å². The minimum absolute atomic E-state index is 0.00581. The third-order valence-electron chi connectivity index (χ3n) is 4.72. The van der Waals surface area contributed by atoms with Gasteiger partial charge in [-0.15, -0.1) is 0 Å². The summed E-state index contributed by atoms with van der Waals surface area (Å²) in [5.41, 5.74) is 3.18. The Morgan fingerprint density at radius 3 is 2.03 bits per heavy atom. The summed E-state index contributed by atoms with van der Waals surface area (Å²) in [6.07, 6.45) is 0.491. The van der Waals surface area contributed by atoms with Gasteiger partial charge in [0.2, 0.25) is 11.8 Å². The van der Waals surface area contributed by atoms with Gasteiger partial charge in [-0.25, -0.2) is 4.39 Å². The number of rotatable bonds is 8. The van der Waals surface area contributed by atoms with Gasteiger partial charge in [0, 0.05) is 11.6 Å². The predicted molar refractivity (Wildman–Crippen MR) is 117 cm³/mol. The first-order valence-corrected chi connectivity index (χ1v) is 9.82. The lowest BCUT2D eigenvalue weighted by Crippen LogP contribution is -2.02. The molecule has 0 aliphatic carbocycles. The number of aromatic nitrogens is 1. The molecule has 0 atom stereocenters. The van der Waals surface area contributed by atoms with Crippen LogP contribution in [0.2, 0.25) is 0 Å². The Hall–Kier alpha value is -3.99. The van der Waals surface area contributed by atoms with E-state index in [4.69, 9.17) is 9.47 Å². The Morgan fingerprint density at radius 2 is 1.42 bits per heavy atom. The summed E-state index contributed by atoms with van der Waals surface area (Å²) in [6.45, 7) is 0.672. The Kier molecular flexibility index (Phi) is 6.33. The maximum atomic E-state index is 14.2. The maximum Gasteiger partial charge on any atom is 0.225 e. The maximum absolute atomic E-state index is 14.2. The van der Waals surface area contributed by atoms with Gasteiger partial charge in [-0.2, -0.15) is 4.98 Å². The van der Waals surface area contributed by atoms with Crippen LogP contribution in [-0.4, -0.2) is 11.3 Å². The predicted octanol–water partition coefficient (Wildman–Crippen LogP) is 5.86. The molecule has 0 fully saturated rings. The van der Waals surface area contributed by atoms with Crippen molar-refractivity contribution < 1.29 is 18.7 Å². The molecule has 0 radical (unpaired) electrons. The Bertz CT molecular complexity index is 1160. The lowest BCUT2D eigenvalue weighted by atomic mass is 10.0. The van der Waals surface area contributed by atoms with Gasteiger partial charge in [-0.3, -0.25) is 4.79 Å². The third kappa shape index (κ3) is 5.14. The van der Waals surface area contributed by atoms with Crippen LogP contribution in [0.4, 0.5) is 4.39 Å². The zero-order valence-electron chi connectivity index (χ0n) is 16.7. The molecule has 4 nitrogen and oxygen atoms in total. The van der Waals surface area contributed by atoms with Gasteiger partial charge < -0.3 is 9.47 Å². The fraction of sp³-hybridized carbons (Fsp3) is 0.0769. The summed E-state index contributed by atoms with van der Waals surface area (Å²) in [5, 5.41) is 0. The van der Waals surface area contributed by atoms with Crippen LogP contribution in [0, 0.1) is 5.82 Å². The molecule has 0 aliphatic rings. The molecule has 4 rings (SSSR count). The molecule has 0 unspecified atom stereocenters. The molecule has 1 heterocycles. The van der Waals surface area contributed by atoms with Gasteiger partial charge in [0.1, 0.15) is 19.0 Å². The van der Waals surface area contributed by atoms with Crippen LogP contribution in [0.15, 0.2) is 91.0 Å². The van der Waals surface area contributed by atoms with Crippen molar-refractivity contribution in [2.24, 2.45) is 0 Å². The number of carbonyl (C=O) groups is 1. The average molecular weight is 413 g/mol. The molecular formula is C26H20FNO3. The van der Waals surface area contributed by atoms with Crippen LogP contribution in [0.5, 0.6) is 11.8 Å². The van der Waals surface area contributed by atoms with Crippen molar-refractivity contribution in [1.82, 2.24) is 4.98 Å². The molecule has 1 aromatic heterocycles. The highest BCUT2D eigenvalue weighted by Crippen LogP contribution is 2.32. The summed E-state index contributed by atoms with van der Waals surface area (Å²) < 4.78 is 26.0. The number of pyridine rings is 1. The van der Waals surface area contributed by atoms with Crippen molar-refractivity contribution in [2.75, 3.05) is 0 Å². The topological polar surface area (TPSA) is 48.4 Å². The fourth-order valence-electron chi connectivity index (χ4n) is 3.08. The van der Waals surface area contributed by atoms with Gasteiger partial charge >= 0.3 is 0 Å². The van der Waals surface area contributed by atoms with E-state index in [9.17, 15) is 9.18 Å². The molecule has 0 aliphatic heterocycles. The third-order valence-corrected chi connectivity index (χ3v) is 4.72. The van der Waals surface area contributed by atoms with Gasteiger partial charge in [-0.1, -0.05) is 66.7 Å². The summed E-state index contributed by atoms with van der Waals surface area (Å²) in [7, 11) is 0. The Balaban J connectivity index is 1.62. The van der Waals surface area contributed by atoms with E-state index in [-0.39, 0.29) is 5.56 Å². The van der Waals surface area contributed by atoms with Crippen LogP contribution in [0.25, 0.3) is 11.1 Å². The summed E-state index contributed by atoms with van der Waals surface area (Å²) in [4.78, 5) is 15.5. The molecule has 5 heteroatoms. The normalized spacial score (nSPS) is 10.5. The van der Waals surface area contributed by atoms with Crippen LogP contribution in [0.1, 0.15) is 21.5 Å². The molecule has 0 saturated carbocycles. The lowest BCUT2D eigenvalue weighted by Gasteiger charge is -2.13. The first-order valence-electron chi connectivity index (χ1n) is 9.82. The van der Waals surface area contributed by atoms with Crippen LogP contribution >= 0.6 is 0 Å². The molecule has 31 heavy (non-hydrogen) atoms. The quantitative estimate of drug-likeness (QED) is 0.340. The number of hydrogen-bond donors (Lipinski definition) is 0. The largest absolute Gasteiger partial charge is 0.473 e. The second-order valence-corrected chi connectivity index (χ2v) is 6.90.